The molecule has 0 aliphatic heterocycles. The molecule has 96 valence electrons. The summed E-state index contributed by atoms with van der Waals surface area (Å²) in [4.78, 5) is 12.2. The normalized spacial score (nSPS) is 11.9. The fourth-order valence-electron chi connectivity index (χ4n) is 1.65. The van der Waals surface area contributed by atoms with E-state index in [1.807, 2.05) is 26.8 Å². The van der Waals surface area contributed by atoms with Gasteiger partial charge >= 0.3 is 0 Å². The van der Waals surface area contributed by atoms with E-state index in [2.05, 4.69) is 6.07 Å². The van der Waals surface area contributed by atoms with Crippen molar-refractivity contribution in [2.24, 2.45) is 11.8 Å². The Kier molecular flexibility index (Phi) is 5.38. The molecule has 18 heavy (non-hydrogen) atoms. The van der Waals surface area contributed by atoms with Crippen LogP contribution >= 0.6 is 0 Å². The van der Waals surface area contributed by atoms with E-state index in [1.54, 1.807) is 18.2 Å². The van der Waals surface area contributed by atoms with Gasteiger partial charge in [-0.15, -0.1) is 0 Å². The topological polar surface area (TPSA) is 50.1 Å². The van der Waals surface area contributed by atoms with Crippen LogP contribution < -0.4 is 4.74 Å². The van der Waals surface area contributed by atoms with E-state index in [-0.39, 0.29) is 11.7 Å². The van der Waals surface area contributed by atoms with Crippen LogP contribution in [0.2, 0.25) is 0 Å². The highest BCUT2D eigenvalue weighted by molar-refractivity contribution is 5.99. The molecular formula is C15H19NO2. The van der Waals surface area contributed by atoms with Gasteiger partial charge in [-0.2, -0.15) is 5.26 Å². The molecular weight excluding hydrogens is 226 g/mol. The van der Waals surface area contributed by atoms with Gasteiger partial charge in [0.05, 0.1) is 12.7 Å². The molecule has 1 unspecified atom stereocenters. The summed E-state index contributed by atoms with van der Waals surface area (Å²) in [5, 5.41) is 9.04. The fourth-order valence-corrected chi connectivity index (χ4v) is 1.65. The maximum absolute atomic E-state index is 12.2. The minimum atomic E-state index is -0.591. The van der Waals surface area contributed by atoms with Gasteiger partial charge in [0.2, 0.25) is 0 Å². The number of nitriles is 1. The van der Waals surface area contributed by atoms with E-state index >= 15 is 0 Å². The lowest BCUT2D eigenvalue weighted by Crippen LogP contribution is -2.18. The molecule has 1 atom stereocenters. The first-order valence-corrected chi connectivity index (χ1v) is 6.26. The maximum atomic E-state index is 12.2. The monoisotopic (exact) mass is 245 g/mol. The van der Waals surface area contributed by atoms with Crippen LogP contribution in [0.4, 0.5) is 0 Å². The lowest BCUT2D eigenvalue weighted by Gasteiger charge is -2.12. The molecule has 0 saturated carbocycles. The summed E-state index contributed by atoms with van der Waals surface area (Å²) in [6.07, 6.45) is 0.922. The Labute approximate surface area is 108 Å². The first-order chi connectivity index (χ1) is 8.60. The number of ether oxygens (including phenoxy) is 1. The van der Waals surface area contributed by atoms with E-state index < -0.39 is 5.92 Å². The zero-order valence-electron chi connectivity index (χ0n) is 11.1. The number of carbonyl (C=O) groups excluding carboxylic acids is 1. The number of rotatable bonds is 6. The highest BCUT2D eigenvalue weighted by Gasteiger charge is 2.23. The summed E-state index contributed by atoms with van der Waals surface area (Å²) < 4.78 is 5.48. The Hall–Kier alpha value is -1.82. The van der Waals surface area contributed by atoms with Crippen molar-refractivity contribution in [3.8, 4) is 11.8 Å². The van der Waals surface area contributed by atoms with Crippen LogP contribution in [0, 0.1) is 23.2 Å². The van der Waals surface area contributed by atoms with Gasteiger partial charge < -0.3 is 4.74 Å². The highest BCUT2D eigenvalue weighted by atomic mass is 16.5. The molecule has 0 aliphatic rings. The smallest absolute Gasteiger partial charge is 0.180 e. The summed E-state index contributed by atoms with van der Waals surface area (Å²) in [5.74, 6) is -0.0215. The summed E-state index contributed by atoms with van der Waals surface area (Å²) in [6.45, 7) is 6.41. The zero-order chi connectivity index (χ0) is 13.5. The minimum absolute atomic E-state index is 0.0164. The second-order valence-electron chi connectivity index (χ2n) is 4.59. The quantitative estimate of drug-likeness (QED) is 0.721. The summed E-state index contributed by atoms with van der Waals surface area (Å²) in [6, 6.07) is 9.12. The summed E-state index contributed by atoms with van der Waals surface area (Å²) in [5.41, 5.74) is 0.545. The van der Waals surface area contributed by atoms with Crippen molar-refractivity contribution < 1.29 is 9.53 Å². The molecule has 0 fully saturated rings. The number of ketones is 1. The number of carbonyl (C=O) groups is 1. The van der Waals surface area contributed by atoms with Gasteiger partial charge in [0, 0.05) is 5.56 Å². The highest BCUT2D eigenvalue weighted by Crippen LogP contribution is 2.20. The van der Waals surface area contributed by atoms with E-state index in [4.69, 9.17) is 10.00 Å². The molecule has 3 heteroatoms. The number of hydrogen-bond donors (Lipinski definition) is 0. The lowest BCUT2D eigenvalue weighted by atomic mass is 9.89. The van der Waals surface area contributed by atoms with Crippen molar-refractivity contribution in [3.63, 3.8) is 0 Å². The van der Waals surface area contributed by atoms with Crippen LogP contribution in [-0.4, -0.2) is 12.4 Å². The SMILES string of the molecule is CCCOc1cccc(C(=O)C(C#N)C(C)C)c1. The van der Waals surface area contributed by atoms with Crippen molar-refractivity contribution in [2.45, 2.75) is 27.2 Å². The number of hydrogen-bond acceptors (Lipinski definition) is 3. The molecule has 0 heterocycles. The predicted molar refractivity (Wildman–Crippen MR) is 70.5 cm³/mol. The van der Waals surface area contributed by atoms with Crippen molar-refractivity contribution in [1.82, 2.24) is 0 Å². The third-order valence-electron chi connectivity index (χ3n) is 2.68. The maximum Gasteiger partial charge on any atom is 0.180 e. The second kappa shape index (κ2) is 6.80. The second-order valence-corrected chi connectivity index (χ2v) is 4.59. The van der Waals surface area contributed by atoms with Gasteiger partial charge in [-0.3, -0.25) is 4.79 Å². The molecule has 1 aromatic carbocycles. The Morgan fingerprint density at radius 2 is 2.17 bits per heavy atom. The zero-order valence-corrected chi connectivity index (χ0v) is 11.1. The molecule has 0 spiro atoms. The third kappa shape index (κ3) is 3.59. The minimum Gasteiger partial charge on any atom is -0.494 e. The van der Waals surface area contributed by atoms with Gasteiger partial charge in [0.15, 0.2) is 5.78 Å². The first-order valence-electron chi connectivity index (χ1n) is 6.26. The van der Waals surface area contributed by atoms with Crippen LogP contribution in [0.5, 0.6) is 5.75 Å². The van der Waals surface area contributed by atoms with Crippen LogP contribution in [0.1, 0.15) is 37.6 Å². The molecule has 3 nitrogen and oxygen atoms in total. The van der Waals surface area contributed by atoms with Crippen molar-refractivity contribution in [2.75, 3.05) is 6.61 Å². The van der Waals surface area contributed by atoms with Gasteiger partial charge in [-0.1, -0.05) is 32.9 Å². The summed E-state index contributed by atoms with van der Waals surface area (Å²) >= 11 is 0. The average Bonchev–Trinajstić information content (AvgIpc) is 2.37. The molecule has 0 saturated heterocycles. The van der Waals surface area contributed by atoms with Crippen LogP contribution in [-0.2, 0) is 0 Å². The standard InChI is InChI=1S/C15H19NO2/c1-4-8-18-13-7-5-6-12(9-13)15(17)14(10-16)11(2)3/h5-7,9,11,14H,4,8H2,1-3H3. The molecule has 0 amide bonds. The lowest BCUT2D eigenvalue weighted by molar-refractivity contribution is 0.0924. The molecule has 0 aliphatic carbocycles. The molecule has 0 N–H and O–H groups in total. The van der Waals surface area contributed by atoms with E-state index in [9.17, 15) is 4.79 Å². The summed E-state index contributed by atoms with van der Waals surface area (Å²) in [7, 11) is 0. The van der Waals surface area contributed by atoms with Crippen molar-refractivity contribution in [3.05, 3.63) is 29.8 Å². The molecule has 1 aromatic rings. The molecule has 0 bridgehead atoms. The Balaban J connectivity index is 2.89. The molecule has 1 rings (SSSR count). The Bertz CT molecular complexity index is 446. The fraction of sp³-hybridized carbons (Fsp3) is 0.467. The number of Topliss-reactive ketones (excluding diaryl/α,β-unsaturated/α-hetero) is 1. The van der Waals surface area contributed by atoms with E-state index in [1.165, 1.54) is 0 Å². The first kappa shape index (κ1) is 14.2. The molecule has 0 radical (unpaired) electrons. The van der Waals surface area contributed by atoms with Gasteiger partial charge in [0.25, 0.3) is 0 Å². The van der Waals surface area contributed by atoms with E-state index in [0.717, 1.165) is 6.42 Å². The molecule has 0 aromatic heterocycles. The predicted octanol–water partition coefficient (Wildman–Crippen LogP) is 3.45. The van der Waals surface area contributed by atoms with Crippen molar-refractivity contribution in [1.29, 1.82) is 5.26 Å². The van der Waals surface area contributed by atoms with Gasteiger partial charge in [0.1, 0.15) is 11.7 Å². The van der Waals surface area contributed by atoms with E-state index in [0.29, 0.717) is 17.9 Å². The van der Waals surface area contributed by atoms with Gasteiger partial charge in [-0.05, 0) is 24.5 Å². The van der Waals surface area contributed by atoms with Gasteiger partial charge in [-0.25, -0.2) is 0 Å². The Morgan fingerprint density at radius 1 is 1.44 bits per heavy atom. The number of benzene rings is 1. The number of nitrogens with zero attached hydrogens (tertiary/aromatic N) is 1. The van der Waals surface area contributed by atoms with Crippen LogP contribution in [0.25, 0.3) is 0 Å². The average molecular weight is 245 g/mol. The van der Waals surface area contributed by atoms with Crippen LogP contribution in [0.3, 0.4) is 0 Å². The van der Waals surface area contributed by atoms with Crippen molar-refractivity contribution >= 4 is 5.78 Å². The Morgan fingerprint density at radius 3 is 2.72 bits per heavy atom. The third-order valence-corrected chi connectivity index (χ3v) is 2.68. The van der Waals surface area contributed by atoms with Crippen LogP contribution in [0.15, 0.2) is 24.3 Å². The largest absolute Gasteiger partial charge is 0.494 e.